The minimum absolute atomic E-state index is 0.00245. The zero-order valence-corrected chi connectivity index (χ0v) is 6.55. The summed E-state index contributed by atoms with van der Waals surface area (Å²) < 4.78 is 18.7. The van der Waals surface area contributed by atoms with Gasteiger partial charge in [0.15, 0.2) is 0 Å². The molecule has 0 saturated carbocycles. The van der Waals surface area contributed by atoms with Gasteiger partial charge in [0.1, 0.15) is 5.67 Å². The normalized spacial score (nSPS) is 25.9. The zero-order chi connectivity index (χ0) is 8.32. The number of nitrogens with two attached hydrogens (primary N) is 2. The van der Waals surface area contributed by atoms with Crippen LogP contribution in [-0.2, 0) is 4.74 Å². The summed E-state index contributed by atoms with van der Waals surface area (Å²) in [6, 6.07) is 0. The number of ether oxygens (including phenoxy) is 1. The van der Waals surface area contributed by atoms with Crippen LogP contribution in [0.2, 0.25) is 0 Å². The summed E-state index contributed by atoms with van der Waals surface area (Å²) in [4.78, 5) is 0. The highest BCUT2D eigenvalue weighted by molar-refractivity contribution is 4.90. The quantitative estimate of drug-likeness (QED) is 0.596. The fourth-order valence-corrected chi connectivity index (χ4v) is 1.36. The number of rotatable bonds is 3. The molecule has 0 amide bonds. The van der Waals surface area contributed by atoms with Crippen LogP contribution in [0, 0.1) is 5.92 Å². The van der Waals surface area contributed by atoms with Crippen LogP contribution in [0.4, 0.5) is 4.39 Å². The Balaban J connectivity index is 2.52. The first-order valence-electron chi connectivity index (χ1n) is 3.90. The largest absolute Gasteiger partial charge is 0.381 e. The topological polar surface area (TPSA) is 61.3 Å². The van der Waals surface area contributed by atoms with Crippen molar-refractivity contribution in [1.82, 2.24) is 0 Å². The molecule has 0 aromatic carbocycles. The molecule has 1 rings (SSSR count). The van der Waals surface area contributed by atoms with Crippen molar-refractivity contribution in [2.45, 2.75) is 12.1 Å². The lowest BCUT2D eigenvalue weighted by atomic mass is 9.89. The predicted octanol–water partition coefficient (Wildman–Crippen LogP) is -0.351. The molecule has 0 bridgehead atoms. The molecule has 11 heavy (non-hydrogen) atoms. The molecule has 0 spiro atoms. The lowest BCUT2D eigenvalue weighted by molar-refractivity contribution is 0.0821. The number of alkyl halides is 1. The van der Waals surface area contributed by atoms with E-state index in [1.165, 1.54) is 0 Å². The van der Waals surface area contributed by atoms with Crippen molar-refractivity contribution in [2.24, 2.45) is 17.4 Å². The van der Waals surface area contributed by atoms with Crippen LogP contribution in [0.5, 0.6) is 0 Å². The van der Waals surface area contributed by atoms with Crippen LogP contribution in [0.3, 0.4) is 0 Å². The molecule has 3 nitrogen and oxygen atoms in total. The minimum atomic E-state index is -1.41. The summed E-state index contributed by atoms with van der Waals surface area (Å²) in [5, 5.41) is 0. The molecular weight excluding hydrogens is 147 g/mol. The molecule has 1 heterocycles. The van der Waals surface area contributed by atoms with Gasteiger partial charge in [-0.25, -0.2) is 4.39 Å². The summed E-state index contributed by atoms with van der Waals surface area (Å²) in [5.74, 6) is -0.0995. The van der Waals surface area contributed by atoms with E-state index >= 15 is 0 Å². The van der Waals surface area contributed by atoms with E-state index in [2.05, 4.69) is 0 Å². The molecule has 1 saturated heterocycles. The number of hydrogen-bond acceptors (Lipinski definition) is 3. The lowest BCUT2D eigenvalue weighted by Gasteiger charge is -2.27. The molecule has 1 atom stereocenters. The van der Waals surface area contributed by atoms with Gasteiger partial charge < -0.3 is 16.2 Å². The van der Waals surface area contributed by atoms with E-state index in [4.69, 9.17) is 16.2 Å². The second kappa shape index (κ2) is 3.47. The Morgan fingerprint density at radius 2 is 2.09 bits per heavy atom. The summed E-state index contributed by atoms with van der Waals surface area (Å²) >= 11 is 0. The van der Waals surface area contributed by atoms with Crippen LogP contribution in [-0.4, -0.2) is 32.0 Å². The van der Waals surface area contributed by atoms with E-state index in [1.807, 2.05) is 0 Å². The summed E-state index contributed by atoms with van der Waals surface area (Å²) in [7, 11) is 0. The monoisotopic (exact) mass is 162 g/mol. The fourth-order valence-electron chi connectivity index (χ4n) is 1.36. The highest BCUT2D eigenvalue weighted by Crippen LogP contribution is 2.27. The van der Waals surface area contributed by atoms with E-state index in [0.717, 1.165) is 6.42 Å². The third kappa shape index (κ3) is 1.69. The molecule has 0 aliphatic carbocycles. The van der Waals surface area contributed by atoms with Gasteiger partial charge in [0.2, 0.25) is 0 Å². The summed E-state index contributed by atoms with van der Waals surface area (Å²) in [6.45, 7) is 1.09. The molecule has 0 aromatic heterocycles. The Morgan fingerprint density at radius 1 is 1.45 bits per heavy atom. The van der Waals surface area contributed by atoms with Crippen LogP contribution < -0.4 is 11.5 Å². The average Bonchev–Trinajstić information content (AvgIpc) is 2.55. The summed E-state index contributed by atoms with van der Waals surface area (Å²) in [6.07, 6.45) is 0.741. The van der Waals surface area contributed by atoms with Gasteiger partial charge in [0.05, 0.1) is 6.61 Å². The van der Waals surface area contributed by atoms with Gasteiger partial charge in [-0.3, -0.25) is 0 Å². The molecular formula is C7H15FN2O. The molecule has 4 heteroatoms. The van der Waals surface area contributed by atoms with E-state index in [0.29, 0.717) is 13.2 Å². The van der Waals surface area contributed by atoms with E-state index in [-0.39, 0.29) is 19.0 Å². The maximum atomic E-state index is 13.6. The molecule has 1 aliphatic heterocycles. The van der Waals surface area contributed by atoms with Gasteiger partial charge in [-0.05, 0) is 6.42 Å². The van der Waals surface area contributed by atoms with Gasteiger partial charge in [-0.2, -0.15) is 0 Å². The maximum absolute atomic E-state index is 13.6. The predicted molar refractivity (Wildman–Crippen MR) is 40.9 cm³/mol. The third-order valence-electron chi connectivity index (χ3n) is 2.34. The van der Waals surface area contributed by atoms with Crippen molar-refractivity contribution in [1.29, 1.82) is 0 Å². The smallest absolute Gasteiger partial charge is 0.140 e. The van der Waals surface area contributed by atoms with Gasteiger partial charge >= 0.3 is 0 Å². The Labute approximate surface area is 65.9 Å². The van der Waals surface area contributed by atoms with Crippen molar-refractivity contribution in [2.75, 3.05) is 26.3 Å². The Hall–Kier alpha value is -0.190. The van der Waals surface area contributed by atoms with E-state index in [1.54, 1.807) is 0 Å². The fraction of sp³-hybridized carbons (Fsp3) is 1.00. The number of halogens is 1. The number of hydrogen-bond donors (Lipinski definition) is 2. The Morgan fingerprint density at radius 3 is 2.45 bits per heavy atom. The first-order valence-corrected chi connectivity index (χ1v) is 3.90. The molecule has 4 N–H and O–H groups in total. The highest BCUT2D eigenvalue weighted by Gasteiger charge is 2.38. The van der Waals surface area contributed by atoms with E-state index < -0.39 is 5.67 Å². The Bertz CT molecular complexity index is 122. The second-order valence-corrected chi connectivity index (χ2v) is 3.00. The van der Waals surface area contributed by atoms with Gasteiger partial charge in [0, 0.05) is 25.6 Å². The molecule has 1 fully saturated rings. The van der Waals surface area contributed by atoms with Crippen molar-refractivity contribution >= 4 is 0 Å². The maximum Gasteiger partial charge on any atom is 0.140 e. The van der Waals surface area contributed by atoms with Crippen molar-refractivity contribution in [3.63, 3.8) is 0 Å². The van der Waals surface area contributed by atoms with Crippen LogP contribution >= 0.6 is 0 Å². The molecule has 1 aliphatic rings. The van der Waals surface area contributed by atoms with Crippen LogP contribution in [0.15, 0.2) is 0 Å². The highest BCUT2D eigenvalue weighted by atomic mass is 19.1. The summed E-state index contributed by atoms with van der Waals surface area (Å²) in [5.41, 5.74) is 9.17. The minimum Gasteiger partial charge on any atom is -0.381 e. The third-order valence-corrected chi connectivity index (χ3v) is 2.34. The zero-order valence-electron chi connectivity index (χ0n) is 6.55. The van der Waals surface area contributed by atoms with Gasteiger partial charge in [0.25, 0.3) is 0 Å². The molecule has 0 unspecified atom stereocenters. The molecule has 0 aromatic rings. The van der Waals surface area contributed by atoms with Gasteiger partial charge in [-0.1, -0.05) is 0 Å². The SMILES string of the molecule is NCC(F)(CN)[C@H]1CCOC1. The first-order chi connectivity index (χ1) is 5.23. The van der Waals surface area contributed by atoms with Crippen molar-refractivity contribution in [3.8, 4) is 0 Å². The van der Waals surface area contributed by atoms with Crippen LogP contribution in [0.25, 0.3) is 0 Å². The van der Waals surface area contributed by atoms with Crippen molar-refractivity contribution in [3.05, 3.63) is 0 Å². The average molecular weight is 162 g/mol. The van der Waals surface area contributed by atoms with Gasteiger partial charge in [-0.15, -0.1) is 0 Å². The van der Waals surface area contributed by atoms with Crippen molar-refractivity contribution < 1.29 is 9.13 Å². The van der Waals surface area contributed by atoms with Crippen LogP contribution in [0.1, 0.15) is 6.42 Å². The first kappa shape index (κ1) is 8.90. The van der Waals surface area contributed by atoms with E-state index in [9.17, 15) is 4.39 Å². The second-order valence-electron chi connectivity index (χ2n) is 3.00. The molecule has 0 radical (unpaired) electrons. The standard InChI is InChI=1S/C7H15FN2O/c8-7(4-9,5-10)6-1-2-11-3-6/h6H,1-5,9-10H2/t6-/m0/s1. The lowest BCUT2D eigenvalue weighted by Crippen LogP contribution is -2.47. The Kier molecular flexibility index (Phi) is 2.81. The molecule has 66 valence electrons.